The van der Waals surface area contributed by atoms with E-state index in [1.165, 1.54) is 0 Å². The number of nitrogens with two attached hydrogens (primary N) is 2. The zero-order valence-corrected chi connectivity index (χ0v) is 14.3. The van der Waals surface area contributed by atoms with Crippen molar-refractivity contribution in [1.29, 1.82) is 0 Å². The summed E-state index contributed by atoms with van der Waals surface area (Å²) in [6.45, 7) is 1.32. The Balaban J connectivity index is 1.83. The fourth-order valence-corrected chi connectivity index (χ4v) is 3.54. The molecule has 1 aliphatic rings. The monoisotopic (exact) mass is 353 g/mol. The average Bonchev–Trinajstić information content (AvgIpc) is 2.94. The molecule has 1 fully saturated rings. The van der Waals surface area contributed by atoms with E-state index in [4.69, 9.17) is 10.9 Å². The van der Waals surface area contributed by atoms with Crippen LogP contribution < -0.4 is 10.9 Å². The molecule has 7 nitrogen and oxygen atoms in total. The lowest BCUT2D eigenvalue weighted by Gasteiger charge is -2.16. The second-order valence-electron chi connectivity index (χ2n) is 6.23. The van der Waals surface area contributed by atoms with E-state index in [-0.39, 0.29) is 24.5 Å². The number of hydrogen-bond acceptors (Lipinski definition) is 4. The number of likely N-dealkylation sites (tertiary alicyclic amines) is 1. The molecule has 2 amide bonds. The predicted molar refractivity (Wildman–Crippen MR) is 90.6 cm³/mol. The van der Waals surface area contributed by atoms with Crippen LogP contribution >= 0.6 is 0 Å². The van der Waals surface area contributed by atoms with Crippen LogP contribution in [0, 0.1) is 5.92 Å². The minimum absolute atomic E-state index is 0.0352. The molecule has 0 bridgehead atoms. The van der Waals surface area contributed by atoms with E-state index in [2.05, 4.69) is 0 Å². The second kappa shape index (κ2) is 7.76. The summed E-state index contributed by atoms with van der Waals surface area (Å²) in [5.41, 5.74) is 6.80. The smallest absolute Gasteiger partial charge is 0.248 e. The van der Waals surface area contributed by atoms with Crippen LogP contribution in [0.15, 0.2) is 24.3 Å². The molecule has 2 rings (SSSR count). The van der Waals surface area contributed by atoms with Gasteiger partial charge in [0, 0.05) is 25.1 Å². The number of amides is 2. The molecule has 132 valence electrons. The van der Waals surface area contributed by atoms with Gasteiger partial charge in [0.2, 0.25) is 21.8 Å². The van der Waals surface area contributed by atoms with E-state index < -0.39 is 15.9 Å². The molecule has 8 heteroatoms. The molecule has 4 N–H and O–H groups in total. The lowest BCUT2D eigenvalue weighted by atomic mass is 9.97. The Morgan fingerprint density at radius 3 is 2.71 bits per heavy atom. The van der Waals surface area contributed by atoms with Crippen molar-refractivity contribution in [2.75, 3.05) is 18.8 Å². The lowest BCUT2D eigenvalue weighted by molar-refractivity contribution is -0.130. The highest BCUT2D eigenvalue weighted by molar-refractivity contribution is 7.89. The van der Waals surface area contributed by atoms with Gasteiger partial charge in [-0.3, -0.25) is 9.59 Å². The van der Waals surface area contributed by atoms with E-state index in [1.807, 2.05) is 6.07 Å². The van der Waals surface area contributed by atoms with Crippen LogP contribution in [0.2, 0.25) is 0 Å². The van der Waals surface area contributed by atoms with Gasteiger partial charge < -0.3 is 10.6 Å². The first kappa shape index (κ1) is 18.4. The Morgan fingerprint density at radius 2 is 2.04 bits per heavy atom. The quantitative estimate of drug-likeness (QED) is 0.729. The van der Waals surface area contributed by atoms with Crippen LogP contribution in [0.3, 0.4) is 0 Å². The highest BCUT2D eigenvalue weighted by Crippen LogP contribution is 2.22. The summed E-state index contributed by atoms with van der Waals surface area (Å²) in [5.74, 6) is -0.326. The molecular formula is C16H23N3O4S. The number of sulfonamides is 1. The normalized spacial score (nSPS) is 17.9. The van der Waals surface area contributed by atoms with E-state index >= 15 is 0 Å². The summed E-state index contributed by atoms with van der Waals surface area (Å²) in [6, 6.07) is 7.23. The number of nitrogens with zero attached hydrogens (tertiary/aromatic N) is 1. The molecule has 1 aromatic rings. The van der Waals surface area contributed by atoms with Gasteiger partial charge in [-0.25, -0.2) is 13.6 Å². The molecule has 24 heavy (non-hydrogen) atoms. The molecular weight excluding hydrogens is 330 g/mol. The summed E-state index contributed by atoms with van der Waals surface area (Å²) in [4.78, 5) is 25.1. The Labute approximate surface area is 142 Å². The number of primary sulfonamides is 1. The molecule has 0 saturated carbocycles. The van der Waals surface area contributed by atoms with Crippen molar-refractivity contribution in [3.05, 3.63) is 35.4 Å². The Hall–Kier alpha value is -1.93. The van der Waals surface area contributed by atoms with Crippen molar-refractivity contribution in [1.82, 2.24) is 4.90 Å². The van der Waals surface area contributed by atoms with E-state index in [1.54, 1.807) is 23.1 Å². The lowest BCUT2D eigenvalue weighted by Crippen LogP contribution is -2.29. The Morgan fingerprint density at radius 1 is 1.29 bits per heavy atom. The molecule has 1 aliphatic heterocycles. The fourth-order valence-electron chi connectivity index (χ4n) is 2.99. The first-order chi connectivity index (χ1) is 11.2. The minimum atomic E-state index is -3.51. The van der Waals surface area contributed by atoms with Gasteiger partial charge >= 0.3 is 0 Å². The van der Waals surface area contributed by atoms with E-state index in [9.17, 15) is 18.0 Å². The molecule has 0 aromatic heterocycles. The van der Waals surface area contributed by atoms with Gasteiger partial charge in [-0.05, 0) is 42.9 Å². The summed E-state index contributed by atoms with van der Waals surface area (Å²) in [5, 5.41) is 4.93. The van der Waals surface area contributed by atoms with Gasteiger partial charge in [-0.2, -0.15) is 0 Å². The summed E-state index contributed by atoms with van der Waals surface area (Å²) >= 11 is 0. The maximum atomic E-state index is 12.1. The highest BCUT2D eigenvalue weighted by Gasteiger charge is 2.26. The SMILES string of the molecule is NC(=O)c1cccc(C[C@@H]2CCN(C(=O)CCCS(N)(=O)=O)C2)c1. The fraction of sp³-hybridized carbons (Fsp3) is 0.500. The van der Waals surface area contributed by atoms with Crippen molar-refractivity contribution >= 4 is 21.8 Å². The third kappa shape index (κ3) is 5.61. The Kier molecular flexibility index (Phi) is 5.95. The van der Waals surface area contributed by atoms with Crippen molar-refractivity contribution in [3.63, 3.8) is 0 Å². The molecule has 1 saturated heterocycles. The van der Waals surface area contributed by atoms with Crippen molar-refractivity contribution in [2.24, 2.45) is 16.8 Å². The second-order valence-corrected chi connectivity index (χ2v) is 7.97. The minimum Gasteiger partial charge on any atom is -0.366 e. The van der Waals surface area contributed by atoms with Crippen LogP contribution in [0.1, 0.15) is 35.2 Å². The standard InChI is InChI=1S/C16H23N3O4S/c17-16(21)14-4-1-3-12(10-14)9-13-6-7-19(11-13)15(20)5-2-8-24(18,22)23/h1,3-4,10,13H,2,5-9,11H2,(H2,17,21)(H2,18,22,23)/t13-/m0/s1. The molecule has 1 atom stereocenters. The predicted octanol–water partition coefficient (Wildman–Crippen LogP) is 0.245. The van der Waals surface area contributed by atoms with Gasteiger partial charge in [-0.15, -0.1) is 0 Å². The van der Waals surface area contributed by atoms with E-state index in [0.717, 1.165) is 18.4 Å². The van der Waals surface area contributed by atoms with Crippen molar-refractivity contribution < 1.29 is 18.0 Å². The number of carbonyl (C=O) groups excluding carboxylic acids is 2. The van der Waals surface area contributed by atoms with Crippen LogP contribution in [0.4, 0.5) is 0 Å². The number of hydrogen-bond donors (Lipinski definition) is 2. The van der Waals surface area contributed by atoms with Crippen LogP contribution in [-0.2, 0) is 21.2 Å². The van der Waals surface area contributed by atoms with Crippen molar-refractivity contribution in [2.45, 2.75) is 25.7 Å². The molecule has 0 unspecified atom stereocenters. The van der Waals surface area contributed by atoms with Gasteiger partial charge in [-0.1, -0.05) is 12.1 Å². The maximum Gasteiger partial charge on any atom is 0.248 e. The number of benzene rings is 1. The topological polar surface area (TPSA) is 124 Å². The first-order valence-corrected chi connectivity index (χ1v) is 9.63. The zero-order valence-electron chi connectivity index (χ0n) is 13.5. The molecule has 1 heterocycles. The number of rotatable bonds is 7. The average molecular weight is 353 g/mol. The molecule has 0 aliphatic carbocycles. The molecule has 0 radical (unpaired) electrons. The third-order valence-electron chi connectivity index (χ3n) is 4.19. The molecule has 1 aromatic carbocycles. The summed E-state index contributed by atoms with van der Waals surface area (Å²) in [6.07, 6.45) is 2.11. The van der Waals surface area contributed by atoms with Crippen LogP contribution in [0.25, 0.3) is 0 Å². The molecule has 0 spiro atoms. The third-order valence-corrected chi connectivity index (χ3v) is 5.05. The number of primary amides is 1. The summed E-state index contributed by atoms with van der Waals surface area (Å²) in [7, 11) is -3.51. The maximum absolute atomic E-state index is 12.1. The van der Waals surface area contributed by atoms with Gasteiger partial charge in [0.25, 0.3) is 0 Å². The summed E-state index contributed by atoms with van der Waals surface area (Å²) < 4.78 is 21.8. The first-order valence-electron chi connectivity index (χ1n) is 7.91. The van der Waals surface area contributed by atoms with Crippen LogP contribution in [-0.4, -0.2) is 44.0 Å². The van der Waals surface area contributed by atoms with Gasteiger partial charge in [0.1, 0.15) is 0 Å². The van der Waals surface area contributed by atoms with Crippen LogP contribution in [0.5, 0.6) is 0 Å². The Bertz CT molecular complexity index is 718. The largest absolute Gasteiger partial charge is 0.366 e. The van der Waals surface area contributed by atoms with Crippen molar-refractivity contribution in [3.8, 4) is 0 Å². The highest BCUT2D eigenvalue weighted by atomic mass is 32.2. The zero-order chi connectivity index (χ0) is 17.7. The van der Waals surface area contributed by atoms with E-state index in [0.29, 0.717) is 24.6 Å². The number of carbonyl (C=O) groups is 2. The van der Waals surface area contributed by atoms with Gasteiger partial charge in [0.15, 0.2) is 0 Å². The van der Waals surface area contributed by atoms with Gasteiger partial charge in [0.05, 0.1) is 5.75 Å².